The van der Waals surface area contributed by atoms with Gasteiger partial charge in [0.2, 0.25) is 0 Å². The van der Waals surface area contributed by atoms with Gasteiger partial charge in [-0.3, -0.25) is 4.90 Å². The number of aryl methyl sites for hydroxylation is 1. The van der Waals surface area contributed by atoms with Crippen molar-refractivity contribution in [2.75, 3.05) is 19.0 Å². The first-order valence-corrected chi connectivity index (χ1v) is 12.9. The first-order valence-electron chi connectivity index (χ1n) is 12.9. The van der Waals surface area contributed by atoms with Crippen molar-refractivity contribution in [2.24, 2.45) is 0 Å². The Morgan fingerprint density at radius 1 is 0.919 bits per heavy atom. The highest BCUT2D eigenvalue weighted by atomic mass is 16.5. The van der Waals surface area contributed by atoms with E-state index >= 15 is 0 Å². The number of para-hydroxylation sites is 1. The van der Waals surface area contributed by atoms with Crippen LogP contribution in [0, 0.1) is 6.92 Å². The smallest absolute Gasteiger partial charge is 0.166 e. The minimum atomic E-state index is -0.251. The van der Waals surface area contributed by atoms with Crippen molar-refractivity contribution in [3.05, 3.63) is 102 Å². The summed E-state index contributed by atoms with van der Waals surface area (Å²) >= 11 is 0. The molecule has 6 nitrogen and oxygen atoms in total. The van der Waals surface area contributed by atoms with E-state index in [9.17, 15) is 0 Å². The molecule has 1 unspecified atom stereocenters. The molecule has 0 aliphatic carbocycles. The molecule has 37 heavy (non-hydrogen) atoms. The lowest BCUT2D eigenvalue weighted by molar-refractivity contribution is 0.146. The van der Waals surface area contributed by atoms with Crippen molar-refractivity contribution in [3.63, 3.8) is 0 Å². The van der Waals surface area contributed by atoms with E-state index in [2.05, 4.69) is 71.7 Å². The highest BCUT2D eigenvalue weighted by Crippen LogP contribution is 2.48. The Balaban J connectivity index is 1.51. The average molecular weight is 488 g/mol. The number of anilines is 1. The van der Waals surface area contributed by atoms with Gasteiger partial charge in [-0.2, -0.15) is 5.10 Å². The van der Waals surface area contributed by atoms with Gasteiger partial charge < -0.3 is 10.1 Å². The first kappa shape index (κ1) is 22.1. The molecule has 1 fully saturated rings. The maximum Gasteiger partial charge on any atom is 0.166 e. The third-order valence-electron chi connectivity index (χ3n) is 7.90. The van der Waals surface area contributed by atoms with Crippen LogP contribution >= 0.6 is 0 Å². The largest absolute Gasteiger partial charge is 0.497 e. The maximum absolute atomic E-state index is 5.46. The number of methoxy groups -OCH3 is 1. The number of fused-ring (bicyclic) bond motifs is 3. The van der Waals surface area contributed by atoms with E-state index in [1.165, 1.54) is 16.7 Å². The number of ether oxygens (including phenoxy) is 1. The zero-order valence-corrected chi connectivity index (χ0v) is 21.1. The topological polar surface area (TPSA) is 55.2 Å². The summed E-state index contributed by atoms with van der Waals surface area (Å²) in [5, 5.41) is 10.0. The Labute approximate surface area is 216 Å². The second-order valence-electron chi connectivity index (χ2n) is 9.95. The van der Waals surface area contributed by atoms with Gasteiger partial charge in [-0.15, -0.1) is 0 Å². The monoisotopic (exact) mass is 487 g/mol. The fourth-order valence-electron chi connectivity index (χ4n) is 6.17. The first-order chi connectivity index (χ1) is 18.2. The van der Waals surface area contributed by atoms with Gasteiger partial charge in [0.05, 0.1) is 23.9 Å². The normalized spacial score (nSPS) is 18.9. The fourth-order valence-corrected chi connectivity index (χ4v) is 6.17. The molecule has 2 aromatic heterocycles. The van der Waals surface area contributed by atoms with E-state index in [4.69, 9.17) is 14.8 Å². The van der Waals surface area contributed by atoms with Crippen LogP contribution in [0.15, 0.2) is 84.9 Å². The molecule has 1 atom stereocenters. The molecule has 5 aromatic rings. The third kappa shape index (κ3) is 3.36. The molecule has 1 N–H and O–H groups in total. The van der Waals surface area contributed by atoms with Gasteiger partial charge in [-0.05, 0) is 55.2 Å². The van der Waals surface area contributed by atoms with Crippen LogP contribution in [0.3, 0.4) is 0 Å². The highest BCUT2D eigenvalue weighted by molar-refractivity contribution is 5.99. The summed E-state index contributed by atoms with van der Waals surface area (Å²) in [4.78, 5) is 7.89. The highest BCUT2D eigenvalue weighted by Gasteiger charge is 2.46. The number of hydrogen-bond donors (Lipinski definition) is 1. The standard InChI is InChI=1S/C31H29N5O/c1-21-27-28(22-14-16-25(37-2)17-15-22)26-20-35-19-9-18-31(35,23-10-5-3-6-11-23)33-29(26)32-30(27)36(34-21)24-12-7-4-8-13-24/h3-8,10-17H,9,18-20H2,1-2H3,(H,32,33). The summed E-state index contributed by atoms with van der Waals surface area (Å²) in [6.45, 7) is 3.96. The van der Waals surface area contributed by atoms with Gasteiger partial charge >= 0.3 is 0 Å². The molecular weight excluding hydrogens is 458 g/mol. The SMILES string of the molecule is COc1ccc(-c2c3c(nc4c2c(C)nn4-c2ccccc2)NC2(c4ccccc4)CCCN2C3)cc1. The molecule has 0 saturated carbocycles. The second kappa shape index (κ2) is 8.46. The number of nitrogens with one attached hydrogen (secondary N) is 1. The van der Waals surface area contributed by atoms with E-state index in [1.807, 2.05) is 35.0 Å². The predicted octanol–water partition coefficient (Wildman–Crippen LogP) is 6.28. The van der Waals surface area contributed by atoms with Gasteiger partial charge in [0, 0.05) is 24.2 Å². The lowest BCUT2D eigenvalue weighted by Crippen LogP contribution is -2.50. The molecule has 184 valence electrons. The zero-order valence-electron chi connectivity index (χ0n) is 21.1. The van der Waals surface area contributed by atoms with Gasteiger partial charge in [-0.25, -0.2) is 9.67 Å². The molecule has 6 heteroatoms. The lowest BCUT2D eigenvalue weighted by Gasteiger charge is -2.45. The van der Waals surface area contributed by atoms with Crippen molar-refractivity contribution in [1.82, 2.24) is 19.7 Å². The van der Waals surface area contributed by atoms with Crippen molar-refractivity contribution in [3.8, 4) is 22.6 Å². The average Bonchev–Trinajstić information content (AvgIpc) is 3.53. The number of nitrogens with zero attached hydrogens (tertiary/aromatic N) is 4. The minimum absolute atomic E-state index is 0.251. The van der Waals surface area contributed by atoms with Gasteiger partial charge in [0.25, 0.3) is 0 Å². The van der Waals surface area contributed by atoms with Crippen LogP contribution in [0.5, 0.6) is 5.75 Å². The predicted molar refractivity (Wildman–Crippen MR) is 147 cm³/mol. The van der Waals surface area contributed by atoms with Crippen molar-refractivity contribution in [1.29, 1.82) is 0 Å². The van der Waals surface area contributed by atoms with Crippen LogP contribution in [0.25, 0.3) is 27.8 Å². The van der Waals surface area contributed by atoms with Crippen LogP contribution < -0.4 is 10.1 Å². The van der Waals surface area contributed by atoms with Crippen molar-refractivity contribution < 1.29 is 4.74 Å². The Hall–Kier alpha value is -4.16. The Morgan fingerprint density at radius 2 is 1.65 bits per heavy atom. The van der Waals surface area contributed by atoms with Crippen LogP contribution in [-0.2, 0) is 12.2 Å². The molecule has 7 rings (SSSR count). The molecule has 0 spiro atoms. The molecule has 0 bridgehead atoms. The number of aromatic nitrogens is 3. The van der Waals surface area contributed by atoms with Crippen molar-refractivity contribution in [2.45, 2.75) is 32.0 Å². The van der Waals surface area contributed by atoms with Crippen LogP contribution in [0.1, 0.15) is 29.7 Å². The molecular formula is C31H29N5O. The third-order valence-corrected chi connectivity index (χ3v) is 7.90. The summed E-state index contributed by atoms with van der Waals surface area (Å²) in [5.41, 5.74) is 7.46. The Morgan fingerprint density at radius 3 is 2.38 bits per heavy atom. The second-order valence-corrected chi connectivity index (χ2v) is 9.95. The molecule has 1 saturated heterocycles. The van der Waals surface area contributed by atoms with E-state index in [-0.39, 0.29) is 5.66 Å². The summed E-state index contributed by atoms with van der Waals surface area (Å²) in [7, 11) is 1.70. The molecule has 0 radical (unpaired) electrons. The maximum atomic E-state index is 5.46. The van der Waals surface area contributed by atoms with Crippen LogP contribution in [0.2, 0.25) is 0 Å². The quantitative estimate of drug-likeness (QED) is 0.323. The van der Waals surface area contributed by atoms with Gasteiger partial charge in [-0.1, -0.05) is 60.7 Å². The Bertz CT molecular complexity index is 1590. The molecule has 4 heterocycles. The number of pyridine rings is 1. The molecule has 2 aliphatic rings. The van der Waals surface area contributed by atoms with E-state index in [0.717, 1.165) is 65.5 Å². The van der Waals surface area contributed by atoms with Gasteiger partial charge in [0.15, 0.2) is 5.65 Å². The minimum Gasteiger partial charge on any atom is -0.497 e. The van der Waals surface area contributed by atoms with E-state index in [1.54, 1.807) is 7.11 Å². The fraction of sp³-hybridized carbons (Fsp3) is 0.226. The molecule has 2 aliphatic heterocycles. The lowest BCUT2D eigenvalue weighted by atomic mass is 9.90. The summed E-state index contributed by atoms with van der Waals surface area (Å²) in [6.07, 6.45) is 2.19. The van der Waals surface area contributed by atoms with Crippen LogP contribution in [-0.4, -0.2) is 33.3 Å². The number of hydrogen-bond acceptors (Lipinski definition) is 5. The molecule has 3 aromatic carbocycles. The summed E-state index contributed by atoms with van der Waals surface area (Å²) in [6, 6.07) is 29.4. The molecule has 0 amide bonds. The number of rotatable bonds is 4. The summed E-state index contributed by atoms with van der Waals surface area (Å²) < 4.78 is 7.44. The zero-order chi connectivity index (χ0) is 25.0. The van der Waals surface area contributed by atoms with E-state index in [0.29, 0.717) is 0 Å². The van der Waals surface area contributed by atoms with Crippen LogP contribution in [0.4, 0.5) is 5.82 Å². The van der Waals surface area contributed by atoms with Crippen molar-refractivity contribution >= 4 is 16.9 Å². The number of benzene rings is 3. The summed E-state index contributed by atoms with van der Waals surface area (Å²) in [5.74, 6) is 1.79. The van der Waals surface area contributed by atoms with E-state index < -0.39 is 0 Å². The Kier molecular flexibility index (Phi) is 5.04. The van der Waals surface area contributed by atoms with Gasteiger partial charge in [0.1, 0.15) is 17.2 Å².